The normalized spacial score (nSPS) is 20.5. The highest BCUT2D eigenvalue weighted by molar-refractivity contribution is 7.99. The topological polar surface area (TPSA) is 12.0 Å². The molecule has 1 fully saturated rings. The average Bonchev–Trinajstić information content (AvgIpc) is 2.78. The molecule has 2 aromatic rings. The number of nitrogens with one attached hydrogen (secondary N) is 1. The second-order valence-electron chi connectivity index (χ2n) is 8.48. The SMILES string of the molecule is BC1(C(C)c2ccc3c(c2)Nc2ccccc2S3)CCCCCCCC1. The van der Waals surface area contributed by atoms with E-state index >= 15 is 0 Å². The van der Waals surface area contributed by atoms with Gasteiger partial charge in [0.2, 0.25) is 0 Å². The highest BCUT2D eigenvalue weighted by atomic mass is 32.2. The van der Waals surface area contributed by atoms with Gasteiger partial charge >= 0.3 is 0 Å². The molecular weight excluding hydrogens is 333 g/mol. The maximum Gasteiger partial charge on any atom is 0.110 e. The molecule has 1 N–H and O–H groups in total. The van der Waals surface area contributed by atoms with E-state index in [9.17, 15) is 0 Å². The maximum atomic E-state index is 3.66. The van der Waals surface area contributed by atoms with E-state index in [0.717, 1.165) is 0 Å². The van der Waals surface area contributed by atoms with E-state index in [1.807, 2.05) is 11.8 Å². The van der Waals surface area contributed by atoms with Crippen molar-refractivity contribution in [1.29, 1.82) is 0 Å². The van der Waals surface area contributed by atoms with Crippen molar-refractivity contribution in [3.8, 4) is 0 Å². The van der Waals surface area contributed by atoms with Crippen molar-refractivity contribution in [2.75, 3.05) is 5.32 Å². The third-order valence-corrected chi connectivity index (χ3v) is 7.82. The molecule has 4 rings (SSSR count). The predicted molar refractivity (Wildman–Crippen MR) is 117 cm³/mol. The van der Waals surface area contributed by atoms with Gasteiger partial charge in [-0.15, -0.1) is 0 Å². The van der Waals surface area contributed by atoms with Crippen LogP contribution >= 0.6 is 11.8 Å². The molecule has 0 amide bonds. The Bertz CT molecular complexity index is 763. The summed E-state index contributed by atoms with van der Waals surface area (Å²) in [6.45, 7) is 2.46. The summed E-state index contributed by atoms with van der Waals surface area (Å²) < 4.78 is 0. The van der Waals surface area contributed by atoms with Gasteiger partial charge in [-0.1, -0.05) is 93.6 Å². The van der Waals surface area contributed by atoms with Crippen molar-refractivity contribution in [2.24, 2.45) is 0 Å². The number of hydrogen-bond donors (Lipinski definition) is 1. The van der Waals surface area contributed by atoms with E-state index in [2.05, 4.69) is 62.6 Å². The lowest BCUT2D eigenvalue weighted by Gasteiger charge is -2.37. The molecule has 0 bridgehead atoms. The fraction of sp³-hybridized carbons (Fsp3) is 0.478. The molecule has 1 unspecified atom stereocenters. The first-order valence-corrected chi connectivity index (χ1v) is 11.2. The van der Waals surface area contributed by atoms with Crippen molar-refractivity contribution in [3.63, 3.8) is 0 Å². The highest BCUT2D eigenvalue weighted by Gasteiger charge is 2.32. The molecule has 1 aliphatic carbocycles. The van der Waals surface area contributed by atoms with Crippen LogP contribution < -0.4 is 5.32 Å². The van der Waals surface area contributed by atoms with Crippen LogP contribution in [-0.4, -0.2) is 7.85 Å². The number of fused-ring (bicyclic) bond motifs is 2. The van der Waals surface area contributed by atoms with E-state index < -0.39 is 0 Å². The van der Waals surface area contributed by atoms with Crippen LogP contribution in [0.2, 0.25) is 5.31 Å². The minimum Gasteiger partial charge on any atom is -0.354 e. The second kappa shape index (κ2) is 7.72. The Hall–Kier alpha value is -1.35. The molecule has 1 aliphatic heterocycles. The van der Waals surface area contributed by atoms with Crippen LogP contribution in [0.3, 0.4) is 0 Å². The first kappa shape index (κ1) is 18.0. The number of hydrogen-bond acceptors (Lipinski definition) is 2. The minimum absolute atomic E-state index is 0.429. The summed E-state index contributed by atoms with van der Waals surface area (Å²) >= 11 is 1.88. The molecule has 0 aromatic heterocycles. The summed E-state index contributed by atoms with van der Waals surface area (Å²) in [5.41, 5.74) is 4.02. The van der Waals surface area contributed by atoms with Gasteiger partial charge in [0.15, 0.2) is 0 Å². The van der Waals surface area contributed by atoms with Crippen LogP contribution in [0.5, 0.6) is 0 Å². The maximum absolute atomic E-state index is 3.66. The zero-order chi connectivity index (χ0) is 18.0. The van der Waals surface area contributed by atoms with Crippen molar-refractivity contribution in [1.82, 2.24) is 0 Å². The molecule has 26 heavy (non-hydrogen) atoms. The third-order valence-electron chi connectivity index (χ3n) is 6.67. The molecule has 0 spiro atoms. The summed E-state index contributed by atoms with van der Waals surface area (Å²) in [6, 6.07) is 15.7. The highest BCUT2D eigenvalue weighted by Crippen LogP contribution is 2.51. The van der Waals surface area contributed by atoms with Gasteiger partial charge in [0.05, 0.1) is 11.4 Å². The van der Waals surface area contributed by atoms with E-state index in [1.165, 1.54) is 78.1 Å². The smallest absolute Gasteiger partial charge is 0.110 e. The monoisotopic (exact) mass is 363 g/mol. The fourth-order valence-electron chi connectivity index (χ4n) is 4.65. The first-order valence-electron chi connectivity index (χ1n) is 10.3. The Morgan fingerprint density at radius 1 is 0.885 bits per heavy atom. The number of benzene rings is 2. The fourth-order valence-corrected chi connectivity index (χ4v) is 5.62. The van der Waals surface area contributed by atoms with Crippen LogP contribution in [-0.2, 0) is 0 Å². The minimum atomic E-state index is 0.429. The Morgan fingerprint density at radius 2 is 1.54 bits per heavy atom. The molecule has 1 heterocycles. The van der Waals surface area contributed by atoms with Crippen molar-refractivity contribution < 1.29 is 0 Å². The van der Waals surface area contributed by atoms with E-state index in [-0.39, 0.29) is 0 Å². The standard InChI is InChI=1S/C23H30BNS/c1-17(23(24)14-8-4-2-3-5-9-15-23)18-12-13-22-20(16-18)25-19-10-6-7-11-21(19)26-22/h6-7,10-13,16-17,25H,2-5,8-9,14-15,24H2,1H3. The molecule has 1 nitrogen and oxygen atoms in total. The number of rotatable bonds is 2. The Balaban J connectivity index is 1.58. The Labute approximate surface area is 163 Å². The van der Waals surface area contributed by atoms with Gasteiger partial charge in [0, 0.05) is 9.79 Å². The molecule has 1 atom stereocenters. The van der Waals surface area contributed by atoms with Crippen LogP contribution in [0, 0.1) is 0 Å². The number of para-hydroxylation sites is 1. The summed E-state index contributed by atoms with van der Waals surface area (Å²) in [6.07, 6.45) is 11.2. The molecule has 0 saturated heterocycles. The zero-order valence-corrected chi connectivity index (χ0v) is 17.0. The lowest BCUT2D eigenvalue weighted by molar-refractivity contribution is 0.394. The summed E-state index contributed by atoms with van der Waals surface area (Å²) in [7, 11) is 2.54. The number of anilines is 2. The summed E-state index contributed by atoms with van der Waals surface area (Å²) in [4.78, 5) is 2.67. The van der Waals surface area contributed by atoms with Gasteiger partial charge in [0.25, 0.3) is 0 Å². The van der Waals surface area contributed by atoms with Gasteiger partial charge in [0.1, 0.15) is 7.85 Å². The molecule has 1 saturated carbocycles. The van der Waals surface area contributed by atoms with Gasteiger partial charge in [-0.2, -0.15) is 0 Å². The van der Waals surface area contributed by atoms with Crippen molar-refractivity contribution in [2.45, 2.75) is 79.3 Å². The van der Waals surface area contributed by atoms with E-state index in [4.69, 9.17) is 0 Å². The van der Waals surface area contributed by atoms with Gasteiger partial charge < -0.3 is 5.32 Å². The quantitative estimate of drug-likeness (QED) is 0.496. The summed E-state index contributed by atoms with van der Waals surface area (Å²) in [5, 5.41) is 4.09. The van der Waals surface area contributed by atoms with Gasteiger partial charge in [-0.05, 0) is 35.7 Å². The summed E-state index contributed by atoms with van der Waals surface area (Å²) in [5.74, 6) is 0.606. The Morgan fingerprint density at radius 3 is 2.31 bits per heavy atom. The van der Waals surface area contributed by atoms with E-state index in [0.29, 0.717) is 11.2 Å². The average molecular weight is 363 g/mol. The van der Waals surface area contributed by atoms with Crippen molar-refractivity contribution in [3.05, 3.63) is 48.0 Å². The van der Waals surface area contributed by atoms with Crippen LogP contribution in [0.25, 0.3) is 0 Å². The lowest BCUT2D eigenvalue weighted by atomic mass is 9.55. The van der Waals surface area contributed by atoms with Gasteiger partial charge in [-0.3, -0.25) is 0 Å². The molecule has 3 heteroatoms. The molecule has 2 aliphatic rings. The third kappa shape index (κ3) is 3.69. The van der Waals surface area contributed by atoms with Crippen molar-refractivity contribution >= 4 is 31.0 Å². The molecule has 136 valence electrons. The Kier molecular flexibility index (Phi) is 5.36. The first-order chi connectivity index (χ1) is 12.7. The molecule has 0 radical (unpaired) electrons. The lowest BCUT2D eigenvalue weighted by Crippen LogP contribution is -2.21. The molecule has 2 aromatic carbocycles. The van der Waals surface area contributed by atoms with Crippen LogP contribution in [0.1, 0.15) is 69.8 Å². The van der Waals surface area contributed by atoms with Crippen LogP contribution in [0.15, 0.2) is 52.3 Å². The predicted octanol–water partition coefficient (Wildman–Crippen LogP) is 6.92. The zero-order valence-electron chi connectivity index (χ0n) is 16.2. The van der Waals surface area contributed by atoms with Crippen LogP contribution in [0.4, 0.5) is 11.4 Å². The van der Waals surface area contributed by atoms with Gasteiger partial charge in [-0.25, -0.2) is 0 Å². The molecular formula is C23H30BNS. The largest absolute Gasteiger partial charge is 0.354 e. The van der Waals surface area contributed by atoms with E-state index in [1.54, 1.807) is 0 Å². The second-order valence-corrected chi connectivity index (χ2v) is 9.56.